The first-order valence-corrected chi connectivity index (χ1v) is 11.9. The van der Waals surface area contributed by atoms with Gasteiger partial charge in [-0.25, -0.2) is 0 Å². The third-order valence-corrected chi connectivity index (χ3v) is 8.34. The van der Waals surface area contributed by atoms with Gasteiger partial charge in [-0.1, -0.05) is 36.4 Å². The highest BCUT2D eigenvalue weighted by Crippen LogP contribution is 2.51. The summed E-state index contributed by atoms with van der Waals surface area (Å²) in [6, 6.07) is 9.06. The second kappa shape index (κ2) is 7.91. The molecular formula is C26H38N2O. The van der Waals surface area contributed by atoms with Crippen molar-refractivity contribution in [2.24, 2.45) is 17.8 Å². The summed E-state index contributed by atoms with van der Waals surface area (Å²) in [5.41, 5.74) is 3.13. The van der Waals surface area contributed by atoms with Crippen molar-refractivity contribution in [1.82, 2.24) is 10.2 Å². The van der Waals surface area contributed by atoms with E-state index >= 15 is 0 Å². The van der Waals surface area contributed by atoms with Gasteiger partial charge in [-0.2, -0.15) is 0 Å². The summed E-state index contributed by atoms with van der Waals surface area (Å²) in [6.45, 7) is 5.36. The minimum absolute atomic E-state index is 0. The lowest BCUT2D eigenvalue weighted by atomic mass is 9.73. The number of hydrogen-bond acceptors (Lipinski definition) is 2. The van der Waals surface area contributed by atoms with Crippen LogP contribution in [0.25, 0.3) is 0 Å². The molecule has 1 N–H and O–H groups in total. The number of likely N-dealkylation sites (tertiary alicyclic amines) is 1. The van der Waals surface area contributed by atoms with Crippen LogP contribution < -0.4 is 5.32 Å². The van der Waals surface area contributed by atoms with E-state index in [9.17, 15) is 4.79 Å². The lowest BCUT2D eigenvalue weighted by Crippen LogP contribution is -2.43. The maximum atomic E-state index is 11.7. The van der Waals surface area contributed by atoms with Crippen LogP contribution in [0.4, 0.5) is 0 Å². The number of nitrogens with one attached hydrogen (secondary N) is 1. The summed E-state index contributed by atoms with van der Waals surface area (Å²) < 4.78 is 0. The van der Waals surface area contributed by atoms with Crippen molar-refractivity contribution in [3.05, 3.63) is 47.5 Å². The molecule has 4 aliphatic rings. The number of carbonyl (C=O) groups is 1. The summed E-state index contributed by atoms with van der Waals surface area (Å²) in [6.07, 6.45) is 15.6. The predicted molar refractivity (Wildman–Crippen MR) is 120 cm³/mol. The number of hydrogen-bond donors (Lipinski definition) is 1. The van der Waals surface area contributed by atoms with Crippen LogP contribution in [0.3, 0.4) is 0 Å². The number of allylic oxidation sites excluding steroid dienone is 2. The number of amides is 1. The molecule has 29 heavy (non-hydrogen) atoms. The van der Waals surface area contributed by atoms with Crippen LogP contribution in [-0.2, 0) is 10.2 Å². The van der Waals surface area contributed by atoms with Crippen LogP contribution in [-0.4, -0.2) is 30.4 Å². The van der Waals surface area contributed by atoms with Crippen molar-refractivity contribution >= 4 is 5.91 Å². The van der Waals surface area contributed by atoms with E-state index in [0.29, 0.717) is 0 Å². The Morgan fingerprint density at radius 2 is 2.03 bits per heavy atom. The molecule has 158 valence electrons. The molecule has 5 rings (SSSR count). The first kappa shape index (κ1) is 19.4. The van der Waals surface area contributed by atoms with Gasteiger partial charge >= 0.3 is 0 Å². The largest absolute Gasteiger partial charge is 0.349 e. The number of benzene rings is 1. The zero-order valence-corrected chi connectivity index (χ0v) is 17.9. The van der Waals surface area contributed by atoms with Gasteiger partial charge in [0, 0.05) is 20.3 Å². The molecule has 4 unspecified atom stereocenters. The van der Waals surface area contributed by atoms with Gasteiger partial charge in [0.15, 0.2) is 0 Å². The summed E-state index contributed by atoms with van der Waals surface area (Å²) >= 11 is 0. The third kappa shape index (κ3) is 3.91. The molecule has 1 aromatic carbocycles. The summed E-state index contributed by atoms with van der Waals surface area (Å²) in [5, 5.41) is 3.22. The summed E-state index contributed by atoms with van der Waals surface area (Å²) in [7, 11) is 0. The van der Waals surface area contributed by atoms with Crippen molar-refractivity contribution in [2.45, 2.75) is 69.7 Å². The molecule has 0 aromatic heterocycles. The van der Waals surface area contributed by atoms with Crippen LogP contribution in [0, 0.1) is 17.8 Å². The molecule has 1 amide bonds. The van der Waals surface area contributed by atoms with E-state index in [1.54, 1.807) is 6.92 Å². The van der Waals surface area contributed by atoms with E-state index in [1.807, 2.05) is 0 Å². The minimum atomic E-state index is 0. The fourth-order valence-electron chi connectivity index (χ4n) is 6.93. The molecule has 2 fully saturated rings. The smallest absolute Gasteiger partial charge is 0.217 e. The Morgan fingerprint density at radius 3 is 2.86 bits per heavy atom. The Balaban J connectivity index is 0.00000218. The van der Waals surface area contributed by atoms with Gasteiger partial charge in [-0.05, 0) is 93.3 Å². The Morgan fingerprint density at radius 1 is 1.21 bits per heavy atom. The molecule has 1 saturated carbocycles. The van der Waals surface area contributed by atoms with Crippen LogP contribution >= 0.6 is 0 Å². The number of carbonyl (C=O) groups excluding carboxylic acids is 1. The monoisotopic (exact) mass is 394 g/mol. The number of rotatable bonds is 3. The van der Waals surface area contributed by atoms with Crippen molar-refractivity contribution in [3.63, 3.8) is 0 Å². The van der Waals surface area contributed by atoms with Crippen molar-refractivity contribution < 1.29 is 6.22 Å². The van der Waals surface area contributed by atoms with E-state index in [2.05, 4.69) is 46.6 Å². The lowest BCUT2D eigenvalue weighted by Gasteiger charge is -2.41. The number of piperidine rings is 1. The normalized spacial score (nSPS) is 33.3. The molecule has 3 heteroatoms. The Bertz CT molecular complexity index is 783. The fourth-order valence-corrected chi connectivity index (χ4v) is 6.93. The van der Waals surface area contributed by atoms with Crippen molar-refractivity contribution in [3.8, 4) is 0 Å². The van der Waals surface area contributed by atoms with Gasteiger partial charge in [-0.3, -0.25) is 4.79 Å². The zero-order chi connectivity index (χ0) is 19.8. The van der Waals surface area contributed by atoms with E-state index in [-0.39, 0.29) is 18.8 Å². The van der Waals surface area contributed by atoms with Crippen LogP contribution in [0.2, 0.25) is 0 Å². The van der Waals surface area contributed by atoms with E-state index in [1.165, 1.54) is 75.7 Å². The maximum absolute atomic E-state index is 11.7. The number of nitrogens with zero attached hydrogens (tertiary/aromatic N) is 1. The molecule has 3 aliphatic carbocycles. The van der Waals surface area contributed by atoms with Gasteiger partial charge in [-0.15, -0.1) is 0 Å². The standard InChI is InChI=1S/C26H36N2O.H2/c1-19(29)27-25-17-26(24-8-3-2-7-23(24)25)11-13-28(14-12-26)18-22-10-9-20-5-4-6-21(15-20)16-22;/h2-4,6-8,20-22,25H,5,9-18H2,1H3,(H,27,29);1H. The molecule has 1 aliphatic heterocycles. The second-order valence-corrected chi connectivity index (χ2v) is 10.3. The Hall–Kier alpha value is -1.61. The van der Waals surface area contributed by atoms with Crippen molar-refractivity contribution in [2.75, 3.05) is 19.6 Å². The molecule has 1 saturated heterocycles. The molecule has 2 bridgehead atoms. The second-order valence-electron chi connectivity index (χ2n) is 10.3. The highest BCUT2D eigenvalue weighted by Gasteiger charge is 2.45. The van der Waals surface area contributed by atoms with Gasteiger partial charge < -0.3 is 10.2 Å². The average molecular weight is 395 g/mol. The lowest BCUT2D eigenvalue weighted by molar-refractivity contribution is -0.119. The molecule has 4 atom stereocenters. The minimum Gasteiger partial charge on any atom is -0.349 e. The predicted octanol–water partition coefficient (Wildman–Crippen LogP) is 5.23. The van der Waals surface area contributed by atoms with Gasteiger partial charge in [0.05, 0.1) is 6.04 Å². The van der Waals surface area contributed by atoms with E-state index < -0.39 is 0 Å². The molecule has 3 nitrogen and oxygen atoms in total. The first-order valence-electron chi connectivity index (χ1n) is 11.9. The maximum Gasteiger partial charge on any atom is 0.217 e. The average Bonchev–Trinajstić information content (AvgIpc) is 2.93. The highest BCUT2D eigenvalue weighted by atomic mass is 16.1. The first-order chi connectivity index (χ1) is 14.1. The van der Waals surface area contributed by atoms with Crippen molar-refractivity contribution in [1.29, 1.82) is 0 Å². The van der Waals surface area contributed by atoms with Crippen LogP contribution in [0.1, 0.15) is 76.9 Å². The molecule has 0 radical (unpaired) electrons. The molecule has 1 heterocycles. The van der Waals surface area contributed by atoms with Gasteiger partial charge in [0.1, 0.15) is 0 Å². The third-order valence-electron chi connectivity index (χ3n) is 8.34. The number of fused-ring (bicyclic) bond motifs is 4. The molecule has 1 aromatic rings. The Kier molecular flexibility index (Phi) is 5.28. The summed E-state index contributed by atoms with van der Waals surface area (Å²) in [5.74, 6) is 2.77. The highest BCUT2D eigenvalue weighted by molar-refractivity contribution is 5.73. The fraction of sp³-hybridized carbons (Fsp3) is 0.654. The summed E-state index contributed by atoms with van der Waals surface area (Å²) in [4.78, 5) is 14.5. The molecule has 1 spiro atoms. The topological polar surface area (TPSA) is 32.3 Å². The van der Waals surface area contributed by atoms with E-state index in [4.69, 9.17) is 0 Å². The SMILES string of the molecule is CC(=O)NC1CC2(CCN(CC3CCC4CC=CC(C4)C3)CC2)c2ccccc21.[HH]. The van der Waals surface area contributed by atoms with Gasteiger partial charge in [0.25, 0.3) is 0 Å². The van der Waals surface area contributed by atoms with Crippen LogP contribution in [0.15, 0.2) is 36.4 Å². The van der Waals surface area contributed by atoms with Crippen LogP contribution in [0.5, 0.6) is 0 Å². The quantitative estimate of drug-likeness (QED) is 0.712. The van der Waals surface area contributed by atoms with Gasteiger partial charge in [0.2, 0.25) is 5.91 Å². The molecular weight excluding hydrogens is 356 g/mol. The zero-order valence-electron chi connectivity index (χ0n) is 17.9. The van der Waals surface area contributed by atoms with E-state index in [0.717, 1.165) is 24.2 Å². The Labute approximate surface area is 177 Å².